The van der Waals surface area contributed by atoms with Gasteiger partial charge in [0.25, 0.3) is 0 Å². The number of nitrogens with zero attached hydrogens (tertiary/aromatic N) is 1. The van der Waals surface area contributed by atoms with E-state index in [1.165, 1.54) is 25.0 Å². The van der Waals surface area contributed by atoms with Crippen molar-refractivity contribution in [1.29, 1.82) is 0 Å². The third-order valence-corrected chi connectivity index (χ3v) is 3.40. The first-order chi connectivity index (χ1) is 7.66. The van der Waals surface area contributed by atoms with E-state index in [4.69, 9.17) is 5.73 Å². The number of benzene rings is 1. The summed E-state index contributed by atoms with van der Waals surface area (Å²) in [6, 6.07) is 7.13. The number of rotatable bonds is 3. The zero-order valence-electron chi connectivity index (χ0n) is 9.70. The third-order valence-electron chi connectivity index (χ3n) is 3.40. The summed E-state index contributed by atoms with van der Waals surface area (Å²) in [5.74, 6) is -0.206. The van der Waals surface area contributed by atoms with Gasteiger partial charge in [0.15, 0.2) is 0 Å². The van der Waals surface area contributed by atoms with Crippen molar-refractivity contribution in [2.75, 3.05) is 13.1 Å². The Bertz CT molecular complexity index is 354. The van der Waals surface area contributed by atoms with Crippen LogP contribution in [0.2, 0.25) is 0 Å². The summed E-state index contributed by atoms with van der Waals surface area (Å²) in [4.78, 5) is 2.38. The summed E-state index contributed by atoms with van der Waals surface area (Å²) < 4.78 is 13.0. The molecule has 1 saturated heterocycles. The molecule has 0 amide bonds. The maximum atomic E-state index is 13.0. The van der Waals surface area contributed by atoms with Gasteiger partial charge in [-0.1, -0.05) is 12.1 Å². The van der Waals surface area contributed by atoms with Gasteiger partial charge in [-0.25, -0.2) is 4.39 Å². The Morgan fingerprint density at radius 3 is 3.00 bits per heavy atom. The van der Waals surface area contributed by atoms with E-state index in [2.05, 4.69) is 11.8 Å². The highest BCUT2D eigenvalue weighted by Crippen LogP contribution is 2.20. The van der Waals surface area contributed by atoms with Gasteiger partial charge in [0.2, 0.25) is 0 Å². The van der Waals surface area contributed by atoms with Crippen LogP contribution in [0.15, 0.2) is 24.3 Å². The van der Waals surface area contributed by atoms with Crippen LogP contribution in [0.3, 0.4) is 0 Å². The summed E-state index contributed by atoms with van der Waals surface area (Å²) in [7, 11) is 0. The highest BCUT2D eigenvalue weighted by molar-refractivity contribution is 5.20. The van der Waals surface area contributed by atoms with Gasteiger partial charge in [-0.2, -0.15) is 0 Å². The number of nitrogens with two attached hydrogens (primary N) is 1. The molecular formula is C13H19FN2. The Balaban J connectivity index is 1.99. The summed E-state index contributed by atoms with van der Waals surface area (Å²) in [5.41, 5.74) is 6.99. The van der Waals surface area contributed by atoms with Crippen LogP contribution in [0.4, 0.5) is 4.39 Å². The first-order valence-electron chi connectivity index (χ1n) is 5.92. The molecule has 2 atom stereocenters. The van der Waals surface area contributed by atoms with Gasteiger partial charge in [0.1, 0.15) is 5.82 Å². The maximum Gasteiger partial charge on any atom is 0.123 e. The van der Waals surface area contributed by atoms with Crippen LogP contribution < -0.4 is 5.73 Å². The van der Waals surface area contributed by atoms with Crippen LogP contribution in [0, 0.1) is 5.82 Å². The van der Waals surface area contributed by atoms with Crippen molar-refractivity contribution in [3.05, 3.63) is 35.6 Å². The van der Waals surface area contributed by atoms with E-state index in [0.29, 0.717) is 6.04 Å². The molecular weight excluding hydrogens is 203 g/mol. The lowest BCUT2D eigenvalue weighted by Gasteiger charge is -2.24. The van der Waals surface area contributed by atoms with Crippen LogP contribution in [0.5, 0.6) is 0 Å². The molecule has 0 aliphatic carbocycles. The molecule has 0 aromatic heterocycles. The fourth-order valence-electron chi connectivity index (χ4n) is 2.36. The minimum absolute atomic E-state index is 0.0868. The molecule has 1 aliphatic heterocycles. The second-order valence-corrected chi connectivity index (χ2v) is 4.65. The van der Waals surface area contributed by atoms with Crippen LogP contribution in [-0.4, -0.2) is 24.0 Å². The van der Waals surface area contributed by atoms with Crippen LogP contribution >= 0.6 is 0 Å². The number of hydrogen-bond acceptors (Lipinski definition) is 2. The summed E-state index contributed by atoms with van der Waals surface area (Å²) in [6.45, 7) is 4.17. The molecule has 0 spiro atoms. The second kappa shape index (κ2) is 4.93. The maximum absolute atomic E-state index is 13.0. The van der Waals surface area contributed by atoms with E-state index >= 15 is 0 Å². The molecule has 2 N–H and O–H groups in total. The third kappa shape index (κ3) is 2.60. The molecule has 2 unspecified atom stereocenters. The number of halogens is 1. The van der Waals surface area contributed by atoms with E-state index in [9.17, 15) is 4.39 Å². The largest absolute Gasteiger partial charge is 0.323 e. The fourth-order valence-corrected chi connectivity index (χ4v) is 2.36. The van der Waals surface area contributed by atoms with Gasteiger partial charge in [-0.15, -0.1) is 0 Å². The monoisotopic (exact) mass is 222 g/mol. The molecule has 2 nitrogen and oxygen atoms in total. The lowest BCUT2D eigenvalue weighted by Crippen LogP contribution is -2.34. The molecule has 88 valence electrons. The van der Waals surface area contributed by atoms with Crippen LogP contribution in [0.1, 0.15) is 31.4 Å². The minimum atomic E-state index is -0.206. The first kappa shape index (κ1) is 11.6. The van der Waals surface area contributed by atoms with Gasteiger partial charge >= 0.3 is 0 Å². The van der Waals surface area contributed by atoms with E-state index < -0.39 is 0 Å². The summed E-state index contributed by atoms with van der Waals surface area (Å²) in [6.07, 6.45) is 2.49. The molecule has 1 heterocycles. The van der Waals surface area contributed by atoms with Crippen molar-refractivity contribution >= 4 is 0 Å². The predicted octanol–water partition coefficient (Wildman–Crippen LogP) is 2.31. The molecule has 1 aromatic carbocycles. The Morgan fingerprint density at radius 1 is 1.56 bits per heavy atom. The van der Waals surface area contributed by atoms with Crippen molar-refractivity contribution in [2.24, 2.45) is 5.73 Å². The molecule has 0 radical (unpaired) electrons. The average molecular weight is 222 g/mol. The van der Waals surface area contributed by atoms with E-state index in [0.717, 1.165) is 18.7 Å². The predicted molar refractivity (Wildman–Crippen MR) is 63.6 cm³/mol. The lowest BCUT2D eigenvalue weighted by molar-refractivity contribution is 0.252. The Kier molecular flexibility index (Phi) is 3.56. The first-order valence-corrected chi connectivity index (χ1v) is 5.92. The Labute approximate surface area is 96.2 Å². The van der Waals surface area contributed by atoms with Gasteiger partial charge in [0.05, 0.1) is 0 Å². The van der Waals surface area contributed by atoms with E-state index in [1.54, 1.807) is 6.07 Å². The topological polar surface area (TPSA) is 29.3 Å². The standard InChI is InChI=1S/C13H19FN2/c1-10-4-3-7-16(10)9-13(15)11-5-2-6-12(14)8-11/h2,5-6,8,10,13H,3-4,7,9,15H2,1H3. The lowest BCUT2D eigenvalue weighted by atomic mass is 10.1. The summed E-state index contributed by atoms with van der Waals surface area (Å²) in [5, 5.41) is 0. The van der Waals surface area contributed by atoms with Gasteiger partial charge in [-0.3, -0.25) is 4.90 Å². The van der Waals surface area contributed by atoms with Crippen molar-refractivity contribution in [3.8, 4) is 0 Å². The smallest absolute Gasteiger partial charge is 0.123 e. The van der Waals surface area contributed by atoms with Crippen molar-refractivity contribution in [3.63, 3.8) is 0 Å². The van der Waals surface area contributed by atoms with Crippen molar-refractivity contribution in [2.45, 2.75) is 31.8 Å². The van der Waals surface area contributed by atoms with Crippen LogP contribution in [0.25, 0.3) is 0 Å². The minimum Gasteiger partial charge on any atom is -0.323 e. The van der Waals surface area contributed by atoms with Crippen molar-refractivity contribution in [1.82, 2.24) is 4.90 Å². The quantitative estimate of drug-likeness (QED) is 0.850. The molecule has 0 bridgehead atoms. The Hall–Kier alpha value is -0.930. The number of likely N-dealkylation sites (tertiary alicyclic amines) is 1. The highest BCUT2D eigenvalue weighted by atomic mass is 19.1. The van der Waals surface area contributed by atoms with E-state index in [-0.39, 0.29) is 11.9 Å². The zero-order valence-corrected chi connectivity index (χ0v) is 9.70. The SMILES string of the molecule is CC1CCCN1CC(N)c1cccc(F)c1. The molecule has 0 saturated carbocycles. The molecule has 3 heteroatoms. The zero-order chi connectivity index (χ0) is 11.5. The van der Waals surface area contributed by atoms with Gasteiger partial charge < -0.3 is 5.73 Å². The molecule has 2 rings (SSSR count). The second-order valence-electron chi connectivity index (χ2n) is 4.65. The van der Waals surface area contributed by atoms with Crippen molar-refractivity contribution < 1.29 is 4.39 Å². The number of hydrogen-bond donors (Lipinski definition) is 1. The normalized spacial score (nSPS) is 23.6. The van der Waals surface area contributed by atoms with Gasteiger partial charge in [0, 0.05) is 18.6 Å². The van der Waals surface area contributed by atoms with Gasteiger partial charge in [-0.05, 0) is 44.0 Å². The molecule has 1 fully saturated rings. The molecule has 16 heavy (non-hydrogen) atoms. The summed E-state index contributed by atoms with van der Waals surface area (Å²) >= 11 is 0. The van der Waals surface area contributed by atoms with Crippen LogP contribution in [-0.2, 0) is 0 Å². The van der Waals surface area contributed by atoms with E-state index in [1.807, 2.05) is 6.07 Å². The molecule has 1 aliphatic rings. The Morgan fingerprint density at radius 2 is 2.38 bits per heavy atom. The fraction of sp³-hybridized carbons (Fsp3) is 0.538. The highest BCUT2D eigenvalue weighted by Gasteiger charge is 2.22. The average Bonchev–Trinajstić information content (AvgIpc) is 2.64. The molecule has 1 aromatic rings.